The fraction of sp³-hybridized carbons (Fsp3) is 0.400. The zero-order valence-corrected chi connectivity index (χ0v) is 12.6. The third-order valence-electron chi connectivity index (χ3n) is 3.07. The van der Waals surface area contributed by atoms with Gasteiger partial charge in [-0.2, -0.15) is 0 Å². The molecular weight excluding hydrogens is 254 g/mol. The lowest BCUT2D eigenvalue weighted by atomic mass is 10.0. The molecule has 2 rings (SSSR count). The third kappa shape index (κ3) is 3.78. The fourth-order valence-electron chi connectivity index (χ4n) is 2.24. The summed E-state index contributed by atoms with van der Waals surface area (Å²) >= 11 is 1.64. The van der Waals surface area contributed by atoms with E-state index in [0.717, 1.165) is 18.7 Å². The zero-order valence-electron chi connectivity index (χ0n) is 11.8. The Morgan fingerprint density at radius 1 is 1.42 bits per heavy atom. The third-order valence-corrected chi connectivity index (χ3v) is 3.71. The molecule has 0 radical (unpaired) electrons. The first-order valence-corrected chi connectivity index (χ1v) is 7.44. The molecule has 0 saturated heterocycles. The molecule has 19 heavy (non-hydrogen) atoms. The molecule has 0 aliphatic carbocycles. The van der Waals surface area contributed by atoms with Crippen molar-refractivity contribution in [1.29, 1.82) is 0 Å². The second-order valence-electron chi connectivity index (χ2n) is 5.15. The first-order chi connectivity index (χ1) is 9.06. The van der Waals surface area contributed by atoms with Crippen LogP contribution in [-0.2, 0) is 13.0 Å². The van der Waals surface area contributed by atoms with Crippen LogP contribution in [-0.4, -0.2) is 18.1 Å². The van der Waals surface area contributed by atoms with Gasteiger partial charge in [-0.3, -0.25) is 0 Å². The molecule has 1 aromatic carbocycles. The quantitative estimate of drug-likeness (QED) is 0.912. The van der Waals surface area contributed by atoms with E-state index in [-0.39, 0.29) is 6.04 Å². The van der Waals surface area contributed by atoms with Gasteiger partial charge >= 0.3 is 0 Å². The lowest BCUT2D eigenvalue weighted by Gasteiger charge is -2.23. The topological polar surface area (TPSA) is 42.2 Å². The van der Waals surface area contributed by atoms with Gasteiger partial charge in [-0.05, 0) is 31.9 Å². The summed E-state index contributed by atoms with van der Waals surface area (Å²) in [5, 5.41) is 2.09. The molecule has 0 saturated carbocycles. The molecule has 0 spiro atoms. The molecule has 102 valence electrons. The summed E-state index contributed by atoms with van der Waals surface area (Å²) in [4.78, 5) is 6.58. The Morgan fingerprint density at radius 3 is 2.84 bits per heavy atom. The van der Waals surface area contributed by atoms with Gasteiger partial charge in [0.15, 0.2) is 0 Å². The molecule has 1 aromatic heterocycles. The van der Waals surface area contributed by atoms with Crippen LogP contribution in [0.4, 0.5) is 5.69 Å². The molecule has 0 fully saturated rings. The van der Waals surface area contributed by atoms with Gasteiger partial charge in [0.25, 0.3) is 0 Å². The van der Waals surface area contributed by atoms with Gasteiger partial charge in [0.1, 0.15) is 0 Å². The van der Waals surface area contributed by atoms with Crippen molar-refractivity contribution in [2.24, 2.45) is 5.73 Å². The molecule has 3 nitrogen and oxygen atoms in total. The minimum Gasteiger partial charge on any atom is -0.368 e. The molecule has 0 amide bonds. The highest BCUT2D eigenvalue weighted by Gasteiger charge is 2.10. The Bertz CT molecular complexity index is 520. The molecule has 4 heteroatoms. The lowest BCUT2D eigenvalue weighted by molar-refractivity contribution is 0.733. The van der Waals surface area contributed by atoms with E-state index in [1.165, 1.54) is 16.8 Å². The van der Waals surface area contributed by atoms with Crippen molar-refractivity contribution in [3.8, 4) is 0 Å². The van der Waals surface area contributed by atoms with E-state index in [4.69, 9.17) is 5.73 Å². The van der Waals surface area contributed by atoms with Crippen molar-refractivity contribution in [2.45, 2.75) is 32.9 Å². The van der Waals surface area contributed by atoms with E-state index in [2.05, 4.69) is 47.4 Å². The number of nitrogens with two attached hydrogens (primary N) is 1. The van der Waals surface area contributed by atoms with E-state index >= 15 is 0 Å². The molecule has 0 aliphatic heterocycles. The standard InChI is InChI=1S/C15H21N3S/c1-11-4-5-15(13(6-11)7-12(2)16)18(3)8-14-9-19-10-17-14/h4-6,9-10,12H,7-8,16H2,1-3H3. The van der Waals surface area contributed by atoms with Crippen molar-refractivity contribution in [2.75, 3.05) is 11.9 Å². The molecule has 2 N–H and O–H groups in total. The second kappa shape index (κ2) is 6.17. The predicted octanol–water partition coefficient (Wildman–Crippen LogP) is 2.98. The number of aryl methyl sites for hydroxylation is 1. The Morgan fingerprint density at radius 2 is 2.21 bits per heavy atom. The van der Waals surface area contributed by atoms with Crippen LogP contribution in [0.15, 0.2) is 29.1 Å². The van der Waals surface area contributed by atoms with Crippen molar-refractivity contribution in [1.82, 2.24) is 4.98 Å². The largest absolute Gasteiger partial charge is 0.368 e. The average molecular weight is 275 g/mol. The van der Waals surface area contributed by atoms with Crippen LogP contribution in [0, 0.1) is 6.92 Å². The van der Waals surface area contributed by atoms with Crippen LogP contribution < -0.4 is 10.6 Å². The fourth-order valence-corrected chi connectivity index (χ4v) is 2.79. The summed E-state index contributed by atoms with van der Waals surface area (Å²) in [7, 11) is 2.11. The number of nitrogens with zero attached hydrogens (tertiary/aromatic N) is 2. The maximum atomic E-state index is 5.95. The molecule has 1 atom stereocenters. The van der Waals surface area contributed by atoms with Crippen molar-refractivity contribution >= 4 is 17.0 Å². The first kappa shape index (κ1) is 14.0. The Labute approximate surface area is 119 Å². The van der Waals surface area contributed by atoms with Crippen LogP contribution >= 0.6 is 11.3 Å². The molecule has 1 unspecified atom stereocenters. The van der Waals surface area contributed by atoms with Crippen LogP contribution in [0.3, 0.4) is 0 Å². The number of hydrogen-bond donors (Lipinski definition) is 1. The van der Waals surface area contributed by atoms with E-state index in [0.29, 0.717) is 0 Å². The van der Waals surface area contributed by atoms with Crippen LogP contribution in [0.25, 0.3) is 0 Å². The summed E-state index contributed by atoms with van der Waals surface area (Å²) in [6, 6.07) is 6.74. The van der Waals surface area contributed by atoms with E-state index < -0.39 is 0 Å². The summed E-state index contributed by atoms with van der Waals surface area (Å²) in [5.41, 5.74) is 12.8. The van der Waals surface area contributed by atoms with E-state index in [1.807, 2.05) is 12.4 Å². The normalized spacial score (nSPS) is 12.4. The Balaban J connectivity index is 2.22. The van der Waals surface area contributed by atoms with Gasteiger partial charge < -0.3 is 10.6 Å². The number of thiazole rings is 1. The van der Waals surface area contributed by atoms with Crippen molar-refractivity contribution in [3.05, 3.63) is 45.9 Å². The summed E-state index contributed by atoms with van der Waals surface area (Å²) < 4.78 is 0. The Kier molecular flexibility index (Phi) is 4.56. The monoisotopic (exact) mass is 275 g/mol. The van der Waals surface area contributed by atoms with Crippen molar-refractivity contribution in [3.63, 3.8) is 0 Å². The minimum atomic E-state index is 0.174. The van der Waals surface area contributed by atoms with Gasteiger partial charge in [0.2, 0.25) is 0 Å². The summed E-state index contributed by atoms with van der Waals surface area (Å²) in [5.74, 6) is 0. The zero-order chi connectivity index (χ0) is 13.8. The van der Waals surface area contributed by atoms with E-state index in [9.17, 15) is 0 Å². The Hall–Kier alpha value is -1.39. The summed E-state index contributed by atoms with van der Waals surface area (Å²) in [6.07, 6.45) is 0.901. The average Bonchev–Trinajstić information content (AvgIpc) is 2.80. The molecule has 2 aromatic rings. The van der Waals surface area contributed by atoms with Crippen LogP contribution in [0.1, 0.15) is 23.7 Å². The lowest BCUT2D eigenvalue weighted by Crippen LogP contribution is -2.22. The number of hydrogen-bond acceptors (Lipinski definition) is 4. The molecule has 0 bridgehead atoms. The maximum Gasteiger partial charge on any atom is 0.0795 e. The summed E-state index contributed by atoms with van der Waals surface area (Å²) in [6.45, 7) is 5.00. The number of rotatable bonds is 5. The number of anilines is 1. The number of benzene rings is 1. The molecule has 0 aliphatic rings. The van der Waals surface area contributed by atoms with Gasteiger partial charge in [-0.1, -0.05) is 17.7 Å². The van der Waals surface area contributed by atoms with Gasteiger partial charge in [-0.15, -0.1) is 11.3 Å². The first-order valence-electron chi connectivity index (χ1n) is 6.49. The number of aromatic nitrogens is 1. The van der Waals surface area contributed by atoms with Gasteiger partial charge in [-0.25, -0.2) is 4.98 Å². The van der Waals surface area contributed by atoms with Gasteiger partial charge in [0, 0.05) is 24.2 Å². The van der Waals surface area contributed by atoms with E-state index in [1.54, 1.807) is 11.3 Å². The second-order valence-corrected chi connectivity index (χ2v) is 5.87. The SMILES string of the molecule is Cc1ccc(N(C)Cc2cscn2)c(CC(C)N)c1. The smallest absolute Gasteiger partial charge is 0.0795 e. The highest BCUT2D eigenvalue weighted by molar-refractivity contribution is 7.07. The molecule has 1 heterocycles. The van der Waals surface area contributed by atoms with Crippen LogP contribution in [0.2, 0.25) is 0 Å². The molecular formula is C15H21N3S. The van der Waals surface area contributed by atoms with Gasteiger partial charge in [0.05, 0.1) is 17.7 Å². The minimum absolute atomic E-state index is 0.174. The van der Waals surface area contributed by atoms with Crippen LogP contribution in [0.5, 0.6) is 0 Å². The highest BCUT2D eigenvalue weighted by Crippen LogP contribution is 2.23. The predicted molar refractivity (Wildman–Crippen MR) is 82.8 cm³/mol. The maximum absolute atomic E-state index is 5.95. The highest BCUT2D eigenvalue weighted by atomic mass is 32.1. The van der Waals surface area contributed by atoms with Crippen molar-refractivity contribution < 1.29 is 0 Å².